The molecule has 27 heavy (non-hydrogen) atoms. The van der Waals surface area contributed by atoms with Crippen molar-refractivity contribution in [3.63, 3.8) is 0 Å². The first-order valence-corrected chi connectivity index (χ1v) is 9.32. The average molecular weight is 393 g/mol. The highest BCUT2D eigenvalue weighted by Crippen LogP contribution is 2.45. The summed E-state index contributed by atoms with van der Waals surface area (Å²) in [7, 11) is 0. The summed E-state index contributed by atoms with van der Waals surface area (Å²) < 4.78 is 0. The molecule has 0 aliphatic heterocycles. The predicted molar refractivity (Wildman–Crippen MR) is 109 cm³/mol. The van der Waals surface area contributed by atoms with Crippen molar-refractivity contribution < 1.29 is 0 Å². The monoisotopic (exact) mass is 392 g/mol. The fraction of sp³-hybridized carbons (Fsp3) is 0.0952. The molecule has 132 valence electrons. The maximum Gasteiger partial charge on any atom is 0.133 e. The summed E-state index contributed by atoms with van der Waals surface area (Å²) in [6.45, 7) is 0. The first-order chi connectivity index (χ1) is 13.1. The quantitative estimate of drug-likeness (QED) is 0.479. The first kappa shape index (κ1) is 16.5. The number of nitrogens with two attached hydrogens (primary N) is 1. The van der Waals surface area contributed by atoms with Crippen molar-refractivity contribution in [1.82, 2.24) is 15.0 Å². The Balaban J connectivity index is 1.86. The molecule has 3 heterocycles. The van der Waals surface area contributed by atoms with E-state index in [1.807, 2.05) is 42.5 Å². The van der Waals surface area contributed by atoms with Crippen molar-refractivity contribution in [3.8, 4) is 11.3 Å². The minimum Gasteiger partial charge on any atom is -0.383 e. The Morgan fingerprint density at radius 3 is 2.63 bits per heavy atom. The number of hydrogen-bond acceptors (Lipinski definition) is 4. The zero-order valence-corrected chi connectivity index (χ0v) is 15.7. The topological polar surface area (TPSA) is 64.7 Å². The molecule has 0 bridgehead atoms. The van der Waals surface area contributed by atoms with Crippen LogP contribution in [0.4, 0.5) is 5.82 Å². The molecule has 0 saturated carbocycles. The van der Waals surface area contributed by atoms with E-state index < -0.39 is 0 Å². The zero-order chi connectivity index (χ0) is 18.5. The number of hydrogen-bond donors (Lipinski definition) is 1. The Hall–Kier alpha value is -2.69. The van der Waals surface area contributed by atoms with Gasteiger partial charge in [0.15, 0.2) is 0 Å². The summed E-state index contributed by atoms with van der Waals surface area (Å²) >= 11 is 12.4. The maximum absolute atomic E-state index is 6.31. The predicted octanol–water partition coefficient (Wildman–Crippen LogP) is 5.27. The number of rotatable bonds is 1. The smallest absolute Gasteiger partial charge is 0.133 e. The molecule has 6 heteroatoms. The Morgan fingerprint density at radius 2 is 1.78 bits per heavy atom. The summed E-state index contributed by atoms with van der Waals surface area (Å²) in [4.78, 5) is 14.0. The van der Waals surface area contributed by atoms with E-state index >= 15 is 0 Å². The molecule has 1 aromatic carbocycles. The summed E-state index contributed by atoms with van der Waals surface area (Å²) in [5.74, 6) is 0.490. The number of nitrogen functional groups attached to an aromatic ring is 1. The second kappa shape index (κ2) is 6.19. The van der Waals surface area contributed by atoms with E-state index in [-0.39, 0.29) is 5.92 Å². The third-order valence-electron chi connectivity index (χ3n) is 5.06. The number of benzene rings is 1. The van der Waals surface area contributed by atoms with E-state index in [1.54, 1.807) is 12.4 Å². The normalized spacial score (nSPS) is 15.4. The minimum atomic E-state index is 0.0164. The molecule has 0 fully saturated rings. The van der Waals surface area contributed by atoms with Crippen molar-refractivity contribution in [1.29, 1.82) is 0 Å². The minimum absolute atomic E-state index is 0.0164. The summed E-state index contributed by atoms with van der Waals surface area (Å²) in [6, 6.07) is 13.5. The summed E-state index contributed by atoms with van der Waals surface area (Å²) in [5, 5.41) is 1.92. The van der Waals surface area contributed by atoms with Gasteiger partial charge < -0.3 is 5.73 Å². The fourth-order valence-corrected chi connectivity index (χ4v) is 4.15. The Bertz CT molecular complexity index is 1210. The molecule has 0 radical (unpaired) electrons. The van der Waals surface area contributed by atoms with Crippen LogP contribution < -0.4 is 5.73 Å². The molecular formula is C21H14Cl2N4. The summed E-state index contributed by atoms with van der Waals surface area (Å²) in [6.07, 6.45) is 4.32. The maximum atomic E-state index is 6.31. The van der Waals surface area contributed by atoms with Crippen molar-refractivity contribution in [2.45, 2.75) is 12.3 Å². The number of halogens is 2. The Labute approximate surface area is 166 Å². The van der Waals surface area contributed by atoms with Crippen LogP contribution in [0.5, 0.6) is 0 Å². The molecule has 5 rings (SSSR count). The van der Waals surface area contributed by atoms with Gasteiger partial charge in [-0.1, -0.05) is 29.3 Å². The lowest BCUT2D eigenvalue weighted by Crippen LogP contribution is -2.17. The number of anilines is 1. The second-order valence-corrected chi connectivity index (χ2v) is 7.40. The van der Waals surface area contributed by atoms with E-state index in [0.717, 1.165) is 45.4 Å². The van der Waals surface area contributed by atoms with Gasteiger partial charge in [0.1, 0.15) is 5.82 Å². The van der Waals surface area contributed by atoms with Crippen LogP contribution in [0.25, 0.3) is 22.2 Å². The fourth-order valence-electron chi connectivity index (χ4n) is 3.84. The van der Waals surface area contributed by atoms with E-state index in [2.05, 4.69) is 9.97 Å². The number of pyridine rings is 3. The van der Waals surface area contributed by atoms with Gasteiger partial charge in [-0.15, -0.1) is 0 Å². The van der Waals surface area contributed by atoms with Gasteiger partial charge in [-0.3, -0.25) is 9.97 Å². The number of nitrogens with zero attached hydrogens (tertiary/aromatic N) is 3. The van der Waals surface area contributed by atoms with Gasteiger partial charge in [0.05, 0.1) is 26.9 Å². The molecule has 4 aromatic rings. The zero-order valence-electron chi connectivity index (χ0n) is 14.2. The van der Waals surface area contributed by atoms with Crippen LogP contribution >= 0.6 is 23.2 Å². The van der Waals surface area contributed by atoms with Gasteiger partial charge >= 0.3 is 0 Å². The van der Waals surface area contributed by atoms with Gasteiger partial charge in [0.25, 0.3) is 0 Å². The molecule has 1 aliphatic rings. The van der Waals surface area contributed by atoms with Crippen molar-refractivity contribution in [3.05, 3.63) is 81.7 Å². The number of aromatic nitrogens is 3. The van der Waals surface area contributed by atoms with Crippen molar-refractivity contribution >= 4 is 39.9 Å². The van der Waals surface area contributed by atoms with E-state index in [4.69, 9.17) is 33.9 Å². The van der Waals surface area contributed by atoms with Gasteiger partial charge in [-0.25, -0.2) is 4.98 Å². The molecular weight excluding hydrogens is 379 g/mol. The third-order valence-corrected chi connectivity index (χ3v) is 5.80. The largest absolute Gasteiger partial charge is 0.383 e. The SMILES string of the molecule is Nc1nc2c(c3ncccc13)C(c1ccc(Cl)c(Cl)c1)Cc1ncccc1-2. The highest BCUT2D eigenvalue weighted by molar-refractivity contribution is 6.42. The van der Waals surface area contributed by atoms with E-state index in [1.165, 1.54) is 0 Å². The Kier molecular flexibility index (Phi) is 3.78. The lowest BCUT2D eigenvalue weighted by Gasteiger charge is -2.28. The van der Waals surface area contributed by atoms with E-state index in [0.29, 0.717) is 15.9 Å². The molecule has 1 atom stereocenters. The van der Waals surface area contributed by atoms with Crippen LogP contribution in [0.15, 0.2) is 54.9 Å². The van der Waals surface area contributed by atoms with E-state index in [9.17, 15) is 0 Å². The lowest BCUT2D eigenvalue weighted by atomic mass is 9.78. The lowest BCUT2D eigenvalue weighted by molar-refractivity contribution is 0.769. The van der Waals surface area contributed by atoms with Gasteiger partial charge in [0.2, 0.25) is 0 Å². The van der Waals surface area contributed by atoms with Crippen LogP contribution in [-0.2, 0) is 6.42 Å². The van der Waals surface area contributed by atoms with Crippen LogP contribution in [0.2, 0.25) is 10.0 Å². The highest BCUT2D eigenvalue weighted by Gasteiger charge is 2.31. The molecule has 2 N–H and O–H groups in total. The molecule has 1 unspecified atom stereocenters. The third kappa shape index (κ3) is 2.56. The molecule has 3 aromatic heterocycles. The van der Waals surface area contributed by atoms with Gasteiger partial charge in [-0.2, -0.15) is 0 Å². The van der Waals surface area contributed by atoms with Gasteiger partial charge in [0, 0.05) is 41.2 Å². The van der Waals surface area contributed by atoms with Crippen LogP contribution in [0, 0.1) is 0 Å². The van der Waals surface area contributed by atoms with Crippen LogP contribution in [0.3, 0.4) is 0 Å². The molecule has 0 spiro atoms. The average Bonchev–Trinajstić information content (AvgIpc) is 2.70. The van der Waals surface area contributed by atoms with Crippen molar-refractivity contribution in [2.75, 3.05) is 5.73 Å². The van der Waals surface area contributed by atoms with Crippen LogP contribution in [0.1, 0.15) is 22.7 Å². The molecule has 4 nitrogen and oxygen atoms in total. The Morgan fingerprint density at radius 1 is 0.963 bits per heavy atom. The second-order valence-electron chi connectivity index (χ2n) is 6.59. The van der Waals surface area contributed by atoms with Crippen LogP contribution in [-0.4, -0.2) is 15.0 Å². The molecule has 1 aliphatic carbocycles. The first-order valence-electron chi connectivity index (χ1n) is 8.57. The standard InChI is InChI=1S/C21H14Cl2N4/c22-15-6-5-11(9-16(15)23)14-10-17-12(3-1-7-25-17)20-18(14)19-13(21(24)27-20)4-2-8-26-19/h1-9,14H,10H2,(H2,24,27). The molecule has 0 amide bonds. The number of fused-ring (bicyclic) bond motifs is 5. The molecule has 0 saturated heterocycles. The van der Waals surface area contributed by atoms with Crippen molar-refractivity contribution in [2.24, 2.45) is 0 Å². The highest BCUT2D eigenvalue weighted by atomic mass is 35.5. The summed E-state index contributed by atoms with van der Waals surface area (Å²) in [5.41, 5.74) is 12.1. The van der Waals surface area contributed by atoms with Gasteiger partial charge in [-0.05, 0) is 42.0 Å².